The first-order valence-electron chi connectivity index (χ1n) is 4.44. The molecular formula is C10H15N3O2. The minimum Gasteiger partial charge on any atom is -0.496 e. The molecule has 1 aromatic rings. The van der Waals surface area contributed by atoms with Gasteiger partial charge in [-0.3, -0.25) is 0 Å². The average molecular weight is 209 g/mol. The zero-order valence-corrected chi connectivity index (χ0v) is 8.86. The molecule has 0 aromatic heterocycles. The summed E-state index contributed by atoms with van der Waals surface area (Å²) >= 11 is 0. The molecule has 82 valence electrons. The summed E-state index contributed by atoms with van der Waals surface area (Å²) in [5, 5.41) is 0. The van der Waals surface area contributed by atoms with Crippen molar-refractivity contribution in [2.75, 3.05) is 14.2 Å². The van der Waals surface area contributed by atoms with Gasteiger partial charge in [-0.1, -0.05) is 6.07 Å². The number of hydrogen-bond donors (Lipinski definition) is 2. The number of rotatable bonds is 4. The average Bonchev–Trinajstić information content (AvgIpc) is 2.25. The predicted molar refractivity (Wildman–Crippen MR) is 59.1 cm³/mol. The Morgan fingerprint density at radius 2 is 1.73 bits per heavy atom. The molecule has 0 aliphatic heterocycles. The molecule has 0 aliphatic rings. The van der Waals surface area contributed by atoms with E-state index in [2.05, 4.69) is 4.99 Å². The maximum absolute atomic E-state index is 5.27. The van der Waals surface area contributed by atoms with Gasteiger partial charge >= 0.3 is 0 Å². The fraction of sp³-hybridized carbons (Fsp3) is 0.300. The van der Waals surface area contributed by atoms with Gasteiger partial charge in [0.15, 0.2) is 5.96 Å². The first-order chi connectivity index (χ1) is 7.19. The first-order valence-corrected chi connectivity index (χ1v) is 4.44. The van der Waals surface area contributed by atoms with Crippen LogP contribution in [0.25, 0.3) is 0 Å². The number of hydrogen-bond acceptors (Lipinski definition) is 3. The molecule has 4 N–H and O–H groups in total. The minimum atomic E-state index is 0.0444. The Morgan fingerprint density at radius 3 is 2.13 bits per heavy atom. The number of nitrogens with two attached hydrogens (primary N) is 2. The lowest BCUT2D eigenvalue weighted by Crippen LogP contribution is -2.22. The van der Waals surface area contributed by atoms with E-state index < -0.39 is 0 Å². The fourth-order valence-electron chi connectivity index (χ4n) is 1.25. The van der Waals surface area contributed by atoms with Crippen molar-refractivity contribution >= 4 is 5.96 Å². The molecule has 0 spiro atoms. The molecule has 0 amide bonds. The summed E-state index contributed by atoms with van der Waals surface area (Å²) < 4.78 is 10.4. The van der Waals surface area contributed by atoms with Crippen molar-refractivity contribution in [3.8, 4) is 11.5 Å². The lowest BCUT2D eigenvalue weighted by Gasteiger charge is -2.10. The summed E-state index contributed by atoms with van der Waals surface area (Å²) in [5.74, 6) is 1.46. The number of nitrogens with zero attached hydrogens (tertiary/aromatic N) is 1. The molecular weight excluding hydrogens is 194 g/mol. The molecule has 0 unspecified atom stereocenters. The monoisotopic (exact) mass is 209 g/mol. The lowest BCUT2D eigenvalue weighted by atomic mass is 10.2. The second-order valence-electron chi connectivity index (χ2n) is 2.88. The largest absolute Gasteiger partial charge is 0.496 e. The SMILES string of the molecule is COc1cccc(OC)c1CN=C(N)N. The van der Waals surface area contributed by atoms with E-state index in [1.54, 1.807) is 14.2 Å². The molecule has 0 heterocycles. The highest BCUT2D eigenvalue weighted by atomic mass is 16.5. The highest BCUT2D eigenvalue weighted by Gasteiger charge is 2.08. The van der Waals surface area contributed by atoms with Crippen LogP contribution < -0.4 is 20.9 Å². The summed E-state index contributed by atoms with van der Waals surface area (Å²) in [5.41, 5.74) is 11.4. The van der Waals surface area contributed by atoms with E-state index in [-0.39, 0.29) is 5.96 Å². The van der Waals surface area contributed by atoms with E-state index in [4.69, 9.17) is 20.9 Å². The van der Waals surface area contributed by atoms with Gasteiger partial charge < -0.3 is 20.9 Å². The van der Waals surface area contributed by atoms with Gasteiger partial charge in [-0.25, -0.2) is 4.99 Å². The summed E-state index contributed by atoms with van der Waals surface area (Å²) in [6, 6.07) is 5.51. The van der Waals surface area contributed by atoms with E-state index in [9.17, 15) is 0 Å². The van der Waals surface area contributed by atoms with Crippen LogP contribution in [0.1, 0.15) is 5.56 Å². The normalized spacial score (nSPS) is 9.47. The van der Waals surface area contributed by atoms with Gasteiger partial charge in [0, 0.05) is 0 Å². The molecule has 0 bridgehead atoms. The Kier molecular flexibility index (Phi) is 3.79. The second kappa shape index (κ2) is 5.09. The number of benzene rings is 1. The van der Waals surface area contributed by atoms with Gasteiger partial charge in [-0.2, -0.15) is 0 Å². The van der Waals surface area contributed by atoms with E-state index in [1.807, 2.05) is 18.2 Å². The summed E-state index contributed by atoms with van der Waals surface area (Å²) in [6.45, 7) is 0.343. The highest BCUT2D eigenvalue weighted by Crippen LogP contribution is 2.28. The highest BCUT2D eigenvalue weighted by molar-refractivity contribution is 5.75. The summed E-state index contributed by atoms with van der Waals surface area (Å²) in [7, 11) is 3.18. The molecule has 15 heavy (non-hydrogen) atoms. The van der Waals surface area contributed by atoms with E-state index in [0.29, 0.717) is 18.0 Å². The van der Waals surface area contributed by atoms with Crippen LogP contribution in [0.15, 0.2) is 23.2 Å². The number of methoxy groups -OCH3 is 2. The zero-order chi connectivity index (χ0) is 11.3. The molecule has 5 heteroatoms. The van der Waals surface area contributed by atoms with Gasteiger partial charge in [-0.05, 0) is 12.1 Å². The Hall–Kier alpha value is -1.91. The molecule has 1 aromatic carbocycles. The van der Waals surface area contributed by atoms with Crippen LogP contribution in [0.2, 0.25) is 0 Å². The third-order valence-electron chi connectivity index (χ3n) is 1.95. The van der Waals surface area contributed by atoms with E-state index in [0.717, 1.165) is 5.56 Å². The summed E-state index contributed by atoms with van der Waals surface area (Å²) in [6.07, 6.45) is 0. The molecule has 5 nitrogen and oxygen atoms in total. The first kappa shape index (κ1) is 11.2. The Morgan fingerprint density at radius 1 is 1.20 bits per heavy atom. The zero-order valence-electron chi connectivity index (χ0n) is 8.86. The lowest BCUT2D eigenvalue weighted by molar-refractivity contribution is 0.385. The van der Waals surface area contributed by atoms with Crippen molar-refractivity contribution in [1.82, 2.24) is 0 Å². The van der Waals surface area contributed by atoms with Crippen LogP contribution >= 0.6 is 0 Å². The van der Waals surface area contributed by atoms with Crippen molar-refractivity contribution in [1.29, 1.82) is 0 Å². The predicted octanol–water partition coefficient (Wildman–Crippen LogP) is 0.477. The third-order valence-corrected chi connectivity index (χ3v) is 1.95. The van der Waals surface area contributed by atoms with Crippen LogP contribution in [0.3, 0.4) is 0 Å². The molecule has 0 aliphatic carbocycles. The van der Waals surface area contributed by atoms with Gasteiger partial charge in [0.2, 0.25) is 0 Å². The molecule has 0 radical (unpaired) electrons. The molecule has 1 rings (SSSR count). The van der Waals surface area contributed by atoms with Crippen LogP contribution in [0, 0.1) is 0 Å². The van der Waals surface area contributed by atoms with Crippen molar-refractivity contribution in [3.05, 3.63) is 23.8 Å². The van der Waals surface area contributed by atoms with Crippen molar-refractivity contribution in [2.24, 2.45) is 16.5 Å². The number of ether oxygens (including phenoxy) is 2. The Labute approximate surface area is 88.7 Å². The summed E-state index contributed by atoms with van der Waals surface area (Å²) in [4.78, 5) is 3.92. The Balaban J connectivity index is 3.05. The minimum absolute atomic E-state index is 0.0444. The van der Waals surface area contributed by atoms with Crippen LogP contribution in [0.5, 0.6) is 11.5 Å². The third kappa shape index (κ3) is 2.77. The van der Waals surface area contributed by atoms with Crippen LogP contribution in [-0.4, -0.2) is 20.2 Å². The maximum atomic E-state index is 5.27. The van der Waals surface area contributed by atoms with Crippen molar-refractivity contribution in [3.63, 3.8) is 0 Å². The van der Waals surface area contributed by atoms with Gasteiger partial charge in [0.05, 0.1) is 26.3 Å². The van der Waals surface area contributed by atoms with Crippen LogP contribution in [-0.2, 0) is 6.54 Å². The Bertz CT molecular complexity index is 337. The van der Waals surface area contributed by atoms with Gasteiger partial charge in [0.1, 0.15) is 11.5 Å². The van der Waals surface area contributed by atoms with Gasteiger partial charge in [-0.15, -0.1) is 0 Å². The van der Waals surface area contributed by atoms with E-state index >= 15 is 0 Å². The van der Waals surface area contributed by atoms with Crippen molar-refractivity contribution < 1.29 is 9.47 Å². The topological polar surface area (TPSA) is 82.9 Å². The molecule has 0 saturated carbocycles. The smallest absolute Gasteiger partial charge is 0.186 e. The second-order valence-corrected chi connectivity index (χ2v) is 2.88. The standard InChI is InChI=1S/C10H15N3O2/c1-14-8-4-3-5-9(15-2)7(8)6-13-10(11)12/h3-5H,6H2,1-2H3,(H4,11,12,13). The number of guanidine groups is 1. The molecule has 0 fully saturated rings. The van der Waals surface area contributed by atoms with Crippen LogP contribution in [0.4, 0.5) is 0 Å². The quantitative estimate of drug-likeness (QED) is 0.558. The molecule has 0 atom stereocenters. The molecule has 0 saturated heterocycles. The number of aliphatic imine (C=N–C) groups is 1. The fourth-order valence-corrected chi connectivity index (χ4v) is 1.25. The maximum Gasteiger partial charge on any atom is 0.186 e. The van der Waals surface area contributed by atoms with E-state index in [1.165, 1.54) is 0 Å². The van der Waals surface area contributed by atoms with Gasteiger partial charge in [0.25, 0.3) is 0 Å². The van der Waals surface area contributed by atoms with Crippen molar-refractivity contribution in [2.45, 2.75) is 6.54 Å².